The van der Waals surface area contributed by atoms with Gasteiger partial charge in [0.2, 0.25) is 5.91 Å². The molecule has 13 nitrogen and oxygen atoms in total. The van der Waals surface area contributed by atoms with E-state index in [2.05, 4.69) is 30.3 Å². The third-order valence-corrected chi connectivity index (χ3v) is 7.47. The zero-order valence-electron chi connectivity index (χ0n) is 24.1. The summed E-state index contributed by atoms with van der Waals surface area (Å²) >= 11 is 0. The van der Waals surface area contributed by atoms with E-state index in [1.807, 2.05) is 36.0 Å². The van der Waals surface area contributed by atoms with Gasteiger partial charge in [0.1, 0.15) is 42.1 Å². The molecule has 0 spiro atoms. The van der Waals surface area contributed by atoms with E-state index in [4.69, 9.17) is 14.5 Å². The van der Waals surface area contributed by atoms with Crippen LogP contribution >= 0.6 is 0 Å². The summed E-state index contributed by atoms with van der Waals surface area (Å²) in [6.45, 7) is 2.74. The van der Waals surface area contributed by atoms with E-state index in [0.29, 0.717) is 78.4 Å². The molecule has 1 saturated heterocycles. The van der Waals surface area contributed by atoms with Gasteiger partial charge in [0, 0.05) is 56.7 Å². The maximum absolute atomic E-state index is 15.3. The molecule has 1 fully saturated rings. The van der Waals surface area contributed by atoms with Gasteiger partial charge in [-0.25, -0.2) is 28.8 Å². The van der Waals surface area contributed by atoms with Crippen LogP contribution in [0.5, 0.6) is 17.2 Å². The molecule has 224 valence electrons. The summed E-state index contributed by atoms with van der Waals surface area (Å²) in [5.41, 5.74) is 1.83. The van der Waals surface area contributed by atoms with Crippen LogP contribution in [0.2, 0.25) is 0 Å². The number of carbonyl (C=O) groups is 1. The quantitative estimate of drug-likeness (QED) is 0.278. The molecule has 2 aliphatic heterocycles. The summed E-state index contributed by atoms with van der Waals surface area (Å²) in [6.07, 6.45) is 8.05. The normalized spacial score (nSPS) is 16.3. The Morgan fingerprint density at radius 1 is 1.14 bits per heavy atom. The Kier molecular flexibility index (Phi) is 7.10. The van der Waals surface area contributed by atoms with E-state index in [-0.39, 0.29) is 17.6 Å². The van der Waals surface area contributed by atoms with Gasteiger partial charge in [-0.2, -0.15) is 5.10 Å². The Balaban J connectivity index is 1.10. The highest BCUT2D eigenvalue weighted by Gasteiger charge is 2.35. The molecule has 1 atom stereocenters. The number of amides is 1. The zero-order chi connectivity index (χ0) is 30.2. The number of aromatic nitrogens is 6. The molecule has 0 unspecified atom stereocenters. The molecule has 1 aromatic carbocycles. The first-order chi connectivity index (χ1) is 21.4. The number of anilines is 3. The van der Waals surface area contributed by atoms with Crippen LogP contribution in [-0.2, 0) is 4.79 Å². The number of halogens is 1. The number of pyridine rings is 2. The van der Waals surface area contributed by atoms with E-state index < -0.39 is 5.82 Å². The molecule has 6 heterocycles. The van der Waals surface area contributed by atoms with E-state index in [1.54, 1.807) is 41.1 Å². The third-order valence-electron chi connectivity index (χ3n) is 7.47. The first-order valence-electron chi connectivity index (χ1n) is 14.1. The molecular weight excluding hydrogens is 567 g/mol. The Hall–Kier alpha value is -5.37. The van der Waals surface area contributed by atoms with Gasteiger partial charge >= 0.3 is 0 Å². The summed E-state index contributed by atoms with van der Waals surface area (Å²) in [5.74, 6) is 1.85. The number of hydrogen-bond donors (Lipinski definition) is 1. The number of ether oxygens (including phenoxy) is 2. The summed E-state index contributed by atoms with van der Waals surface area (Å²) in [5, 5.41) is 7.12. The lowest BCUT2D eigenvalue weighted by Gasteiger charge is -2.39. The smallest absolute Gasteiger partial charge is 0.246 e. The SMILES string of the molecule is CN(C)C/C=C/C(=O)N1CCN2C[C@H]1COc1cc3ncnc(Nc4ccc(Oc5ccn6ncnc6c5)cc4F)c3nc12. The molecule has 4 aromatic heterocycles. The van der Waals surface area contributed by atoms with Crippen molar-refractivity contribution in [1.29, 1.82) is 0 Å². The molecular formula is C30H29FN10O3. The van der Waals surface area contributed by atoms with Crippen LogP contribution in [0.25, 0.3) is 16.7 Å². The number of likely N-dealkylation sites (N-methyl/N-ethyl adjacent to an activating group) is 1. The van der Waals surface area contributed by atoms with Crippen LogP contribution < -0.4 is 19.7 Å². The van der Waals surface area contributed by atoms with Gasteiger partial charge in [0.15, 0.2) is 23.0 Å². The van der Waals surface area contributed by atoms with Crippen molar-refractivity contribution in [2.75, 3.05) is 57.1 Å². The van der Waals surface area contributed by atoms with Crippen LogP contribution in [0.15, 0.2) is 67.4 Å². The van der Waals surface area contributed by atoms with E-state index in [0.717, 1.165) is 0 Å². The Labute approximate surface area is 251 Å². The minimum Gasteiger partial charge on any atom is -0.487 e. The largest absolute Gasteiger partial charge is 0.487 e. The summed E-state index contributed by atoms with van der Waals surface area (Å²) < 4.78 is 28.9. The fourth-order valence-corrected chi connectivity index (χ4v) is 5.29. The Bertz CT molecular complexity index is 1890. The molecule has 0 aliphatic carbocycles. The average molecular weight is 597 g/mol. The highest BCUT2D eigenvalue weighted by atomic mass is 19.1. The predicted octanol–water partition coefficient (Wildman–Crippen LogP) is 3.27. The lowest BCUT2D eigenvalue weighted by atomic mass is 10.1. The summed E-state index contributed by atoms with van der Waals surface area (Å²) in [6, 6.07) is 9.65. The highest BCUT2D eigenvalue weighted by Crippen LogP contribution is 2.36. The molecule has 1 amide bonds. The van der Waals surface area contributed by atoms with Crippen LogP contribution in [0.1, 0.15) is 0 Å². The number of fused-ring (bicyclic) bond motifs is 6. The van der Waals surface area contributed by atoms with Crippen molar-refractivity contribution in [3.05, 3.63) is 73.2 Å². The average Bonchev–Trinajstić information content (AvgIpc) is 3.44. The first-order valence-corrected chi connectivity index (χ1v) is 14.1. The molecule has 7 rings (SSSR count). The van der Waals surface area contributed by atoms with Crippen molar-refractivity contribution >= 4 is 39.9 Å². The summed E-state index contributed by atoms with van der Waals surface area (Å²) in [4.78, 5) is 36.6. The van der Waals surface area contributed by atoms with Crippen molar-refractivity contribution in [1.82, 2.24) is 39.3 Å². The molecule has 0 radical (unpaired) electrons. The summed E-state index contributed by atoms with van der Waals surface area (Å²) in [7, 11) is 3.91. The van der Waals surface area contributed by atoms with Gasteiger partial charge in [0.05, 0.1) is 17.2 Å². The number of benzene rings is 1. The topological polar surface area (TPSA) is 126 Å². The monoisotopic (exact) mass is 596 g/mol. The number of nitrogens with one attached hydrogen (secondary N) is 1. The van der Waals surface area contributed by atoms with Crippen molar-refractivity contribution in [3.8, 4) is 17.2 Å². The van der Waals surface area contributed by atoms with Gasteiger partial charge in [-0.3, -0.25) is 4.79 Å². The Morgan fingerprint density at radius 2 is 2.02 bits per heavy atom. The minimum absolute atomic E-state index is 0.0311. The van der Waals surface area contributed by atoms with Crippen LogP contribution in [0.4, 0.5) is 21.7 Å². The number of piperazine rings is 1. The lowest BCUT2D eigenvalue weighted by Crippen LogP contribution is -2.56. The number of hydrogen-bond acceptors (Lipinski definition) is 11. The molecule has 0 saturated carbocycles. The van der Waals surface area contributed by atoms with Crippen molar-refractivity contribution in [2.24, 2.45) is 0 Å². The van der Waals surface area contributed by atoms with Crippen LogP contribution in [0, 0.1) is 5.82 Å². The number of rotatable bonds is 7. The lowest BCUT2D eigenvalue weighted by molar-refractivity contribution is -0.129. The van der Waals surface area contributed by atoms with E-state index >= 15 is 4.39 Å². The van der Waals surface area contributed by atoms with Gasteiger partial charge < -0.3 is 29.5 Å². The second-order valence-corrected chi connectivity index (χ2v) is 10.8. The fraction of sp³-hybridized carbons (Fsp3) is 0.267. The van der Waals surface area contributed by atoms with Gasteiger partial charge in [0.25, 0.3) is 0 Å². The Morgan fingerprint density at radius 3 is 2.89 bits per heavy atom. The molecule has 5 aromatic rings. The van der Waals surface area contributed by atoms with Gasteiger partial charge in [-0.05, 0) is 32.3 Å². The molecule has 14 heteroatoms. The highest BCUT2D eigenvalue weighted by molar-refractivity contribution is 5.90. The molecule has 2 bridgehead atoms. The maximum Gasteiger partial charge on any atom is 0.246 e. The third kappa shape index (κ3) is 5.42. The van der Waals surface area contributed by atoms with Gasteiger partial charge in [-0.15, -0.1) is 0 Å². The molecule has 44 heavy (non-hydrogen) atoms. The number of nitrogens with zero attached hydrogens (tertiary/aromatic N) is 9. The second kappa shape index (κ2) is 11.4. The van der Waals surface area contributed by atoms with Crippen molar-refractivity contribution in [2.45, 2.75) is 6.04 Å². The van der Waals surface area contributed by atoms with E-state index in [1.165, 1.54) is 18.7 Å². The zero-order valence-corrected chi connectivity index (χ0v) is 24.1. The van der Waals surface area contributed by atoms with Crippen LogP contribution in [-0.4, -0.2) is 98.2 Å². The molecule has 1 N–H and O–H groups in total. The van der Waals surface area contributed by atoms with Crippen molar-refractivity contribution < 1.29 is 18.7 Å². The standard InChI is InChI=1S/C30H29FN10O3/c1-38(2)8-3-4-27(42)40-11-10-39-15-19(40)16-43-25-14-24-28(37-30(25)39)29(34-17-32-24)36-23-6-5-20(12-22(23)31)44-21-7-9-41-26(13-21)33-18-35-41/h3-7,9,12-14,17-19H,8,10-11,15-16H2,1-2H3,(H,32,34,36)/b4-3+/t19-/m0/s1. The minimum atomic E-state index is -0.529. The second-order valence-electron chi connectivity index (χ2n) is 10.8. The maximum atomic E-state index is 15.3. The first kappa shape index (κ1) is 27.5. The van der Waals surface area contributed by atoms with Crippen molar-refractivity contribution in [3.63, 3.8) is 0 Å². The van der Waals surface area contributed by atoms with E-state index in [9.17, 15) is 4.79 Å². The number of carbonyl (C=O) groups excluding carboxylic acids is 1. The fourth-order valence-electron chi connectivity index (χ4n) is 5.29. The van der Waals surface area contributed by atoms with Gasteiger partial charge in [-0.1, -0.05) is 6.08 Å². The molecule has 2 aliphatic rings. The van der Waals surface area contributed by atoms with Crippen LogP contribution in [0.3, 0.4) is 0 Å². The predicted molar refractivity (Wildman–Crippen MR) is 161 cm³/mol.